The topological polar surface area (TPSA) is 87.2 Å². The van der Waals surface area contributed by atoms with Gasteiger partial charge in [0.2, 0.25) is 0 Å². The minimum absolute atomic E-state index is 0.139. The Hall–Kier alpha value is -3.29. The van der Waals surface area contributed by atoms with E-state index in [2.05, 4.69) is 4.90 Å². The number of carboxylic acid groups (broad SMARTS) is 1. The average Bonchev–Trinajstić information content (AvgIpc) is 3.27. The van der Waals surface area contributed by atoms with Crippen molar-refractivity contribution >= 4 is 34.7 Å². The number of rotatable bonds is 4. The number of aliphatic carboxylic acids is 1. The van der Waals surface area contributed by atoms with Crippen LogP contribution in [-0.4, -0.2) is 73.3 Å². The second-order valence-electron chi connectivity index (χ2n) is 6.77. The number of ketones is 1. The molecule has 1 aromatic heterocycles. The summed E-state index contributed by atoms with van der Waals surface area (Å²) in [6.07, 6.45) is -10.0. The molecule has 186 valence electrons. The van der Waals surface area contributed by atoms with Crippen LogP contribution in [0, 0.1) is 0 Å². The summed E-state index contributed by atoms with van der Waals surface area (Å²) in [5, 5.41) is 7.12. The van der Waals surface area contributed by atoms with E-state index >= 15 is 0 Å². The fourth-order valence-corrected chi connectivity index (χ4v) is 3.77. The molecule has 0 saturated carbocycles. The van der Waals surface area contributed by atoms with Crippen LogP contribution in [0.3, 0.4) is 0 Å². The van der Waals surface area contributed by atoms with E-state index in [0.29, 0.717) is 37.5 Å². The highest BCUT2D eigenvalue weighted by Gasteiger charge is 2.40. The number of amides is 1. The fourth-order valence-electron chi connectivity index (χ4n) is 2.83. The van der Waals surface area contributed by atoms with Gasteiger partial charge < -0.3 is 19.6 Å². The molecule has 1 aliphatic rings. The van der Waals surface area contributed by atoms with Gasteiger partial charge in [-0.25, -0.2) is 4.79 Å². The summed E-state index contributed by atoms with van der Waals surface area (Å²) in [6, 6.07) is 9.92. The molecule has 0 atom stereocenters. The molecule has 1 N–H and O–H groups in total. The van der Waals surface area contributed by atoms with Crippen LogP contribution >= 0.6 is 11.3 Å². The number of hydrogen-bond acceptors (Lipinski definition) is 6. The lowest BCUT2D eigenvalue weighted by Gasteiger charge is -2.36. The van der Waals surface area contributed by atoms with Gasteiger partial charge in [-0.05, 0) is 36.4 Å². The Labute approximate surface area is 193 Å². The van der Waals surface area contributed by atoms with Gasteiger partial charge in [-0.1, -0.05) is 0 Å². The number of carbonyl (C=O) groups is 3. The fraction of sp³-hybridized carbons (Fsp3) is 0.350. The molecular formula is C20H18F6N2O5S. The number of Topliss-reactive ketones (excluding diaryl/α,β-unsaturated/α-hetero) is 1. The first-order valence-corrected chi connectivity index (χ1v) is 10.3. The Morgan fingerprint density at radius 1 is 0.853 bits per heavy atom. The highest BCUT2D eigenvalue weighted by molar-refractivity contribution is 7.16. The second-order valence-corrected chi connectivity index (χ2v) is 7.85. The molecule has 3 rings (SSSR count). The lowest BCUT2D eigenvalue weighted by Crippen LogP contribution is -2.48. The lowest BCUT2D eigenvalue weighted by molar-refractivity contribution is -0.192. The molecule has 7 nitrogen and oxygen atoms in total. The first kappa shape index (κ1) is 27.0. The highest BCUT2D eigenvalue weighted by Crippen LogP contribution is 2.28. The molecule has 0 spiro atoms. The van der Waals surface area contributed by atoms with E-state index < -0.39 is 29.0 Å². The number of alkyl halides is 6. The van der Waals surface area contributed by atoms with Crippen LogP contribution in [0.15, 0.2) is 36.4 Å². The molecule has 2 heterocycles. The minimum atomic E-state index is -5.08. The van der Waals surface area contributed by atoms with E-state index in [1.165, 1.54) is 6.07 Å². The van der Waals surface area contributed by atoms with E-state index in [4.69, 9.17) is 14.6 Å². The van der Waals surface area contributed by atoms with Crippen LogP contribution in [-0.2, 0) is 4.79 Å². The molecule has 0 unspecified atom stereocenters. The SMILES string of the molecule is COc1ccc(N2CCN(C(=O)c3ccc(C(=O)C(F)(F)F)s3)CC2)cc1.O=C(O)C(F)(F)F. The molecule has 1 saturated heterocycles. The number of halogens is 6. The number of methoxy groups -OCH3 is 1. The van der Waals surface area contributed by atoms with Crippen molar-refractivity contribution in [3.63, 3.8) is 0 Å². The summed E-state index contributed by atoms with van der Waals surface area (Å²) in [5.74, 6) is -4.27. The van der Waals surface area contributed by atoms with Gasteiger partial charge in [-0.3, -0.25) is 9.59 Å². The molecule has 0 bridgehead atoms. The van der Waals surface area contributed by atoms with Crippen molar-refractivity contribution < 1.29 is 50.6 Å². The number of hydrogen-bond donors (Lipinski definition) is 1. The Morgan fingerprint density at radius 2 is 1.35 bits per heavy atom. The average molecular weight is 512 g/mol. The quantitative estimate of drug-likeness (QED) is 0.491. The summed E-state index contributed by atoms with van der Waals surface area (Å²) in [5.41, 5.74) is 1.01. The second kappa shape index (κ2) is 10.8. The molecular weight excluding hydrogens is 494 g/mol. The van der Waals surface area contributed by atoms with Crippen LogP contribution in [0.25, 0.3) is 0 Å². The Balaban J connectivity index is 0.000000509. The third-order valence-electron chi connectivity index (χ3n) is 4.54. The number of piperazine rings is 1. The van der Waals surface area contributed by atoms with Crippen LogP contribution in [0.4, 0.5) is 32.0 Å². The van der Waals surface area contributed by atoms with Gasteiger partial charge in [0.05, 0.1) is 16.9 Å². The smallest absolute Gasteiger partial charge is 0.490 e. The predicted molar refractivity (Wildman–Crippen MR) is 110 cm³/mol. The molecule has 1 aromatic carbocycles. The normalized spacial score (nSPS) is 14.2. The standard InChI is InChI=1S/C18H17F3N2O3S.C2HF3O2/c1-26-13-4-2-12(3-5-13)22-8-10-23(11-9-22)17(25)15-7-6-14(27-15)16(24)18(19,20)21;3-2(4,5)1(6)7/h2-7H,8-11H2,1H3;(H,6,7). The molecule has 1 amide bonds. The molecule has 14 heteroatoms. The van der Waals surface area contributed by atoms with Crippen LogP contribution in [0.5, 0.6) is 5.75 Å². The van der Waals surface area contributed by atoms with Gasteiger partial charge in [0, 0.05) is 31.9 Å². The number of anilines is 1. The summed E-state index contributed by atoms with van der Waals surface area (Å²) in [6.45, 7) is 2.12. The van der Waals surface area contributed by atoms with Crippen LogP contribution < -0.4 is 9.64 Å². The van der Waals surface area contributed by atoms with Crippen molar-refractivity contribution in [2.45, 2.75) is 12.4 Å². The third-order valence-corrected chi connectivity index (χ3v) is 5.62. The third kappa shape index (κ3) is 7.10. The van der Waals surface area contributed by atoms with E-state index in [9.17, 15) is 35.9 Å². The van der Waals surface area contributed by atoms with Gasteiger partial charge in [0.1, 0.15) is 5.75 Å². The highest BCUT2D eigenvalue weighted by atomic mass is 32.1. The Kier molecular flexibility index (Phi) is 8.53. The van der Waals surface area contributed by atoms with Crippen LogP contribution in [0.2, 0.25) is 0 Å². The number of thiophene rings is 1. The molecule has 0 aliphatic carbocycles. The molecule has 1 aliphatic heterocycles. The number of nitrogens with zero attached hydrogens (tertiary/aromatic N) is 2. The zero-order chi connectivity index (χ0) is 25.7. The van der Waals surface area contributed by atoms with Gasteiger partial charge >= 0.3 is 18.3 Å². The van der Waals surface area contributed by atoms with Crippen molar-refractivity contribution in [1.82, 2.24) is 4.90 Å². The first-order chi connectivity index (χ1) is 15.7. The van der Waals surface area contributed by atoms with Crippen molar-refractivity contribution in [3.05, 3.63) is 46.2 Å². The lowest BCUT2D eigenvalue weighted by atomic mass is 10.2. The summed E-state index contributed by atoms with van der Waals surface area (Å²) in [7, 11) is 1.59. The van der Waals surface area contributed by atoms with Gasteiger partial charge in [0.15, 0.2) is 0 Å². The monoisotopic (exact) mass is 512 g/mol. The number of ether oxygens (including phenoxy) is 1. The van der Waals surface area contributed by atoms with E-state index in [1.807, 2.05) is 24.3 Å². The van der Waals surface area contributed by atoms with E-state index in [1.54, 1.807) is 12.0 Å². The summed E-state index contributed by atoms with van der Waals surface area (Å²) in [4.78, 5) is 36.1. The van der Waals surface area contributed by atoms with Gasteiger partial charge in [-0.2, -0.15) is 26.3 Å². The maximum atomic E-state index is 12.5. The zero-order valence-corrected chi connectivity index (χ0v) is 18.3. The van der Waals surface area contributed by atoms with Crippen molar-refractivity contribution in [2.75, 3.05) is 38.2 Å². The minimum Gasteiger partial charge on any atom is -0.497 e. The van der Waals surface area contributed by atoms with Crippen molar-refractivity contribution in [1.29, 1.82) is 0 Å². The van der Waals surface area contributed by atoms with E-state index in [-0.39, 0.29) is 10.8 Å². The molecule has 2 aromatic rings. The molecule has 34 heavy (non-hydrogen) atoms. The maximum absolute atomic E-state index is 12.5. The number of carbonyl (C=O) groups excluding carboxylic acids is 2. The number of benzene rings is 1. The molecule has 1 fully saturated rings. The largest absolute Gasteiger partial charge is 0.497 e. The summed E-state index contributed by atoms with van der Waals surface area (Å²) >= 11 is 0.583. The number of carboxylic acids is 1. The first-order valence-electron chi connectivity index (χ1n) is 9.43. The Bertz CT molecular complexity index is 1010. The molecule has 0 radical (unpaired) electrons. The predicted octanol–water partition coefficient (Wildman–Crippen LogP) is 4.10. The zero-order valence-electron chi connectivity index (χ0n) is 17.4. The van der Waals surface area contributed by atoms with Crippen molar-refractivity contribution in [3.8, 4) is 5.75 Å². The maximum Gasteiger partial charge on any atom is 0.490 e. The van der Waals surface area contributed by atoms with Gasteiger partial charge in [0.25, 0.3) is 11.7 Å². The van der Waals surface area contributed by atoms with E-state index in [0.717, 1.165) is 17.5 Å². The Morgan fingerprint density at radius 3 is 1.79 bits per heavy atom. The summed E-state index contributed by atoms with van der Waals surface area (Å²) < 4.78 is 74.4. The van der Waals surface area contributed by atoms with Gasteiger partial charge in [-0.15, -0.1) is 11.3 Å². The van der Waals surface area contributed by atoms with Crippen LogP contribution in [0.1, 0.15) is 19.3 Å². The van der Waals surface area contributed by atoms with Crippen molar-refractivity contribution in [2.24, 2.45) is 0 Å².